The maximum atomic E-state index is 14.4. The number of aryl methyl sites for hydroxylation is 1. The van der Waals surface area contributed by atoms with Gasteiger partial charge in [0.05, 0.1) is 5.52 Å². The Morgan fingerprint density at radius 1 is 1.06 bits per heavy atom. The average molecular weight is 417 g/mol. The minimum atomic E-state index is -0.272. The number of hydrogen-bond donors (Lipinski definition) is 3. The molecule has 0 saturated heterocycles. The summed E-state index contributed by atoms with van der Waals surface area (Å²) in [6.07, 6.45) is 0.746. The van der Waals surface area contributed by atoms with Gasteiger partial charge in [0.1, 0.15) is 5.82 Å². The van der Waals surface area contributed by atoms with Crippen LogP contribution in [0, 0.1) is 12.7 Å². The molecule has 6 heteroatoms. The molecule has 31 heavy (non-hydrogen) atoms. The Morgan fingerprint density at radius 3 is 2.65 bits per heavy atom. The number of hydrogen-bond acceptors (Lipinski definition) is 3. The highest BCUT2D eigenvalue weighted by atomic mass is 19.1. The summed E-state index contributed by atoms with van der Waals surface area (Å²) in [5, 5.41) is 14.5. The van der Waals surface area contributed by atoms with Crippen LogP contribution < -0.4 is 10.6 Å². The smallest absolute Gasteiger partial charge is 0.224 e. The molecule has 1 amide bonds. The van der Waals surface area contributed by atoms with Crippen molar-refractivity contribution in [2.24, 2.45) is 0 Å². The van der Waals surface area contributed by atoms with E-state index in [1.807, 2.05) is 61.5 Å². The highest BCUT2D eigenvalue weighted by molar-refractivity contribution is 5.94. The molecule has 0 aliphatic carbocycles. The minimum Gasteiger partial charge on any atom is -0.326 e. The fraction of sp³-hybridized carbons (Fsp3) is 0.200. The predicted octanol–water partition coefficient (Wildman–Crippen LogP) is 5.26. The SMILES string of the molecule is Cc1[nH]nc2ccc(NC(=O)CCC(NCc3ccccc3)c3ccccc3F)cc12. The van der Waals surface area contributed by atoms with Crippen molar-refractivity contribution in [3.8, 4) is 0 Å². The molecule has 158 valence electrons. The molecule has 1 unspecified atom stereocenters. The number of anilines is 1. The Morgan fingerprint density at radius 2 is 1.84 bits per heavy atom. The molecule has 0 radical (unpaired) electrons. The van der Waals surface area contributed by atoms with Crippen molar-refractivity contribution in [3.63, 3.8) is 0 Å². The molecule has 4 rings (SSSR count). The molecular weight excluding hydrogens is 391 g/mol. The van der Waals surface area contributed by atoms with E-state index in [4.69, 9.17) is 0 Å². The first kappa shape index (κ1) is 20.8. The lowest BCUT2D eigenvalue weighted by atomic mass is 10.0. The molecule has 0 saturated carbocycles. The summed E-state index contributed by atoms with van der Waals surface area (Å²) in [4.78, 5) is 12.6. The highest BCUT2D eigenvalue weighted by Crippen LogP contribution is 2.24. The Bertz CT molecular complexity index is 1170. The van der Waals surface area contributed by atoms with Crippen LogP contribution in [0.3, 0.4) is 0 Å². The number of rotatable bonds is 8. The van der Waals surface area contributed by atoms with Gasteiger partial charge in [-0.05, 0) is 43.2 Å². The van der Waals surface area contributed by atoms with Crippen LogP contribution in [0.2, 0.25) is 0 Å². The summed E-state index contributed by atoms with van der Waals surface area (Å²) in [6, 6.07) is 22.0. The van der Waals surface area contributed by atoms with Crippen LogP contribution in [0.1, 0.15) is 35.7 Å². The molecule has 0 fully saturated rings. The number of nitrogens with zero attached hydrogens (tertiary/aromatic N) is 1. The summed E-state index contributed by atoms with van der Waals surface area (Å²) in [7, 11) is 0. The normalized spacial score (nSPS) is 12.1. The van der Waals surface area contributed by atoms with Gasteiger partial charge < -0.3 is 10.6 Å². The zero-order valence-corrected chi connectivity index (χ0v) is 17.4. The van der Waals surface area contributed by atoms with Crippen LogP contribution in [0.5, 0.6) is 0 Å². The molecule has 0 aliphatic heterocycles. The number of carbonyl (C=O) groups excluding carboxylic acids is 1. The lowest BCUT2D eigenvalue weighted by molar-refractivity contribution is -0.116. The number of aromatic nitrogens is 2. The first-order valence-electron chi connectivity index (χ1n) is 10.4. The van der Waals surface area contributed by atoms with Crippen LogP contribution in [0.25, 0.3) is 10.9 Å². The van der Waals surface area contributed by atoms with E-state index in [0.717, 1.165) is 27.8 Å². The Hall–Kier alpha value is -3.51. The Kier molecular flexibility index (Phi) is 6.38. The quantitative estimate of drug-likeness (QED) is 0.367. The summed E-state index contributed by atoms with van der Waals surface area (Å²) < 4.78 is 14.4. The largest absolute Gasteiger partial charge is 0.326 e. The van der Waals surface area contributed by atoms with Gasteiger partial charge in [0.25, 0.3) is 0 Å². The standard InChI is InChI=1S/C25H25FN4O/c1-17-21-15-19(11-12-24(21)30-29-17)28-25(31)14-13-23(20-9-5-6-10-22(20)26)27-16-18-7-3-2-4-8-18/h2-12,15,23,27H,13-14,16H2,1H3,(H,28,31)(H,29,30). The number of aromatic amines is 1. The van der Waals surface area contributed by atoms with Gasteiger partial charge in [0.2, 0.25) is 5.91 Å². The van der Waals surface area contributed by atoms with Crippen LogP contribution >= 0.6 is 0 Å². The predicted molar refractivity (Wildman–Crippen MR) is 121 cm³/mol. The second-order valence-corrected chi connectivity index (χ2v) is 7.61. The molecular formula is C25H25FN4O. The van der Waals surface area contributed by atoms with Crippen LogP contribution in [0.15, 0.2) is 72.8 Å². The van der Waals surface area contributed by atoms with Crippen molar-refractivity contribution in [2.75, 3.05) is 5.32 Å². The van der Waals surface area contributed by atoms with Crippen molar-refractivity contribution in [1.82, 2.24) is 15.5 Å². The van der Waals surface area contributed by atoms with Crippen LogP contribution in [-0.4, -0.2) is 16.1 Å². The average Bonchev–Trinajstić information content (AvgIpc) is 3.15. The van der Waals surface area contributed by atoms with Gasteiger partial charge >= 0.3 is 0 Å². The Balaban J connectivity index is 1.42. The van der Waals surface area contributed by atoms with E-state index in [9.17, 15) is 9.18 Å². The topological polar surface area (TPSA) is 69.8 Å². The molecule has 1 atom stereocenters. The van der Waals surface area contributed by atoms with Gasteiger partial charge in [-0.15, -0.1) is 0 Å². The molecule has 0 bridgehead atoms. The number of carbonyl (C=O) groups is 1. The molecule has 0 aliphatic rings. The fourth-order valence-electron chi connectivity index (χ4n) is 3.68. The van der Waals surface area contributed by atoms with E-state index in [0.29, 0.717) is 18.5 Å². The lowest BCUT2D eigenvalue weighted by Gasteiger charge is -2.20. The number of amides is 1. The monoisotopic (exact) mass is 416 g/mol. The van der Waals surface area contributed by atoms with Crippen molar-refractivity contribution >= 4 is 22.5 Å². The van der Waals surface area contributed by atoms with Crippen LogP contribution in [-0.2, 0) is 11.3 Å². The highest BCUT2D eigenvalue weighted by Gasteiger charge is 2.17. The third-order valence-corrected chi connectivity index (χ3v) is 5.36. The van der Waals surface area contributed by atoms with E-state index >= 15 is 0 Å². The molecule has 1 aromatic heterocycles. The minimum absolute atomic E-state index is 0.108. The van der Waals surface area contributed by atoms with E-state index in [2.05, 4.69) is 20.8 Å². The van der Waals surface area contributed by atoms with Gasteiger partial charge in [-0.1, -0.05) is 48.5 Å². The lowest BCUT2D eigenvalue weighted by Crippen LogP contribution is -2.24. The summed E-state index contributed by atoms with van der Waals surface area (Å²) in [5.74, 6) is -0.377. The first-order chi connectivity index (χ1) is 15.1. The van der Waals surface area contributed by atoms with Gasteiger partial charge in [0.15, 0.2) is 0 Å². The number of H-pyrrole nitrogens is 1. The second kappa shape index (κ2) is 9.53. The molecule has 0 spiro atoms. The fourth-order valence-corrected chi connectivity index (χ4v) is 3.68. The van der Waals surface area contributed by atoms with E-state index < -0.39 is 0 Å². The molecule has 5 nitrogen and oxygen atoms in total. The Labute approximate surface area is 180 Å². The third-order valence-electron chi connectivity index (χ3n) is 5.36. The third kappa shape index (κ3) is 5.16. The molecule has 4 aromatic rings. The van der Waals surface area contributed by atoms with Crippen molar-refractivity contribution < 1.29 is 9.18 Å². The molecule has 3 N–H and O–H groups in total. The van der Waals surface area contributed by atoms with E-state index in [1.165, 1.54) is 6.07 Å². The number of nitrogens with one attached hydrogen (secondary N) is 3. The van der Waals surface area contributed by atoms with E-state index in [1.54, 1.807) is 12.1 Å². The summed E-state index contributed by atoms with van der Waals surface area (Å²) in [5.41, 5.74) is 4.22. The van der Waals surface area contributed by atoms with Crippen molar-refractivity contribution in [2.45, 2.75) is 32.4 Å². The molecule has 1 heterocycles. The van der Waals surface area contributed by atoms with Crippen molar-refractivity contribution in [3.05, 3.63) is 95.4 Å². The number of benzene rings is 3. The number of halogens is 1. The molecule has 3 aromatic carbocycles. The van der Waals surface area contributed by atoms with Gasteiger partial charge in [-0.2, -0.15) is 5.10 Å². The summed E-state index contributed by atoms with van der Waals surface area (Å²) in [6.45, 7) is 2.54. The van der Waals surface area contributed by atoms with Gasteiger partial charge in [0, 0.05) is 41.3 Å². The van der Waals surface area contributed by atoms with Gasteiger partial charge in [-0.25, -0.2) is 4.39 Å². The van der Waals surface area contributed by atoms with Crippen molar-refractivity contribution in [1.29, 1.82) is 0 Å². The van der Waals surface area contributed by atoms with E-state index in [-0.39, 0.29) is 24.2 Å². The number of fused-ring (bicyclic) bond motifs is 1. The zero-order valence-electron chi connectivity index (χ0n) is 17.4. The van der Waals surface area contributed by atoms with Crippen LogP contribution in [0.4, 0.5) is 10.1 Å². The first-order valence-corrected chi connectivity index (χ1v) is 10.4. The second-order valence-electron chi connectivity index (χ2n) is 7.61. The maximum absolute atomic E-state index is 14.4. The zero-order chi connectivity index (χ0) is 21.6. The maximum Gasteiger partial charge on any atom is 0.224 e. The summed E-state index contributed by atoms with van der Waals surface area (Å²) >= 11 is 0. The van der Waals surface area contributed by atoms with Gasteiger partial charge in [-0.3, -0.25) is 9.89 Å².